The molecule has 44 heavy (non-hydrogen) atoms. The van der Waals surface area contributed by atoms with E-state index in [1.165, 1.54) is 7.11 Å². The Hall–Kier alpha value is -4.76. The van der Waals surface area contributed by atoms with Gasteiger partial charge in [-0.1, -0.05) is 19.6 Å². The van der Waals surface area contributed by atoms with E-state index in [1.54, 1.807) is 0 Å². The number of aryl methyl sites for hydroxylation is 3. The molecular weight excluding hydrogens is 556 g/mol. The Labute approximate surface area is 255 Å². The second kappa shape index (κ2) is 10.7. The lowest BCUT2D eigenvalue weighted by atomic mass is 9.92. The van der Waals surface area contributed by atoms with Gasteiger partial charge >= 0.3 is 11.9 Å². The summed E-state index contributed by atoms with van der Waals surface area (Å²) in [6.07, 6.45) is 1.52. The number of aromatic amines is 2. The van der Waals surface area contributed by atoms with Crippen molar-refractivity contribution in [3.8, 4) is 0 Å². The normalized spacial score (nSPS) is 17.4. The molecule has 3 aromatic heterocycles. The number of ether oxygens (including phenoxy) is 1. The molecule has 2 unspecified atom stereocenters. The quantitative estimate of drug-likeness (QED) is 0.240. The number of fused-ring (bicyclic) bond motifs is 8. The highest BCUT2D eigenvalue weighted by molar-refractivity contribution is 6.04. The zero-order valence-electron chi connectivity index (χ0n) is 25.8. The molecule has 0 amide bonds. The second-order valence-corrected chi connectivity index (χ2v) is 11.6. The van der Waals surface area contributed by atoms with Crippen LogP contribution in [0.5, 0.6) is 0 Å². The van der Waals surface area contributed by atoms with Gasteiger partial charge in [-0.3, -0.25) is 9.59 Å². The number of H-pyrrole nitrogens is 2. The van der Waals surface area contributed by atoms with Crippen LogP contribution in [0, 0.1) is 13.8 Å². The van der Waals surface area contributed by atoms with Gasteiger partial charge in [0.2, 0.25) is 0 Å². The molecule has 0 fully saturated rings. The predicted octanol–water partition coefficient (Wildman–Crippen LogP) is 6.49. The fourth-order valence-electron chi connectivity index (χ4n) is 6.89. The lowest BCUT2D eigenvalue weighted by Crippen LogP contribution is -2.24. The van der Waals surface area contributed by atoms with Crippen molar-refractivity contribution in [3.05, 3.63) is 75.4 Å². The molecule has 9 nitrogen and oxygen atoms in total. The number of aliphatic hydroxyl groups is 1. The molecule has 4 N–H and O–H groups in total. The number of carbonyl (C=O) groups is 2. The lowest BCUT2D eigenvalue weighted by molar-refractivity contribution is -0.144. The first-order chi connectivity index (χ1) is 21.0. The Bertz CT molecular complexity index is 2020. The van der Waals surface area contributed by atoms with Crippen LogP contribution >= 0.6 is 0 Å². The Morgan fingerprint density at radius 1 is 0.955 bits per heavy atom. The summed E-state index contributed by atoms with van der Waals surface area (Å²) in [5.74, 6) is -2.60. The van der Waals surface area contributed by atoms with Gasteiger partial charge < -0.3 is 24.9 Å². The molecule has 9 heteroatoms. The summed E-state index contributed by atoms with van der Waals surface area (Å²) in [5, 5.41) is 21.2. The number of nitrogens with zero attached hydrogens (tertiary/aromatic N) is 2. The summed E-state index contributed by atoms with van der Waals surface area (Å²) in [5.41, 5.74) is 13.4. The molecule has 226 valence electrons. The van der Waals surface area contributed by atoms with Gasteiger partial charge in [0.1, 0.15) is 5.92 Å². The highest BCUT2D eigenvalue weighted by atomic mass is 16.5. The number of hydrogen-bond acceptors (Lipinski definition) is 6. The average molecular weight is 593 g/mol. The fraction of sp³-hybridized carbons (Fsp3) is 0.314. The molecular formula is C35H36N4O5. The van der Waals surface area contributed by atoms with Crippen molar-refractivity contribution in [2.24, 2.45) is 0 Å². The van der Waals surface area contributed by atoms with Gasteiger partial charge in [-0.25, -0.2) is 9.97 Å². The molecule has 8 bridgehead atoms. The largest absolute Gasteiger partial charge is 0.481 e. The third-order valence-electron chi connectivity index (χ3n) is 9.33. The number of methoxy groups -OCH3 is 1. The van der Waals surface area contributed by atoms with E-state index >= 15 is 0 Å². The number of esters is 1. The van der Waals surface area contributed by atoms with Gasteiger partial charge in [-0.05, 0) is 92.1 Å². The number of carbonyl (C=O) groups excluding carboxylic acids is 1. The van der Waals surface area contributed by atoms with Crippen LogP contribution in [0.1, 0.15) is 90.1 Å². The van der Waals surface area contributed by atoms with Crippen molar-refractivity contribution in [2.75, 3.05) is 7.11 Å². The third-order valence-corrected chi connectivity index (χ3v) is 9.33. The van der Waals surface area contributed by atoms with E-state index in [-0.39, 0.29) is 12.8 Å². The predicted molar refractivity (Wildman–Crippen MR) is 173 cm³/mol. The van der Waals surface area contributed by atoms with E-state index in [2.05, 4.69) is 36.5 Å². The molecule has 2 aliphatic heterocycles. The Balaban J connectivity index is 1.84. The number of nitrogens with one attached hydrogen (secondary N) is 2. The molecule has 2 atom stereocenters. The van der Waals surface area contributed by atoms with Crippen molar-refractivity contribution in [3.63, 3.8) is 0 Å². The number of allylic oxidation sites excluding steroid dienone is 3. The van der Waals surface area contributed by atoms with E-state index in [0.717, 1.165) is 61.9 Å². The third kappa shape index (κ3) is 4.33. The number of aromatic nitrogens is 4. The molecule has 3 aliphatic rings. The van der Waals surface area contributed by atoms with Gasteiger partial charge in [-0.2, -0.15) is 0 Å². The van der Waals surface area contributed by atoms with Gasteiger partial charge in [0.05, 0.1) is 36.0 Å². The summed E-state index contributed by atoms with van der Waals surface area (Å²) in [4.78, 5) is 42.1. The maximum Gasteiger partial charge on any atom is 0.316 e. The van der Waals surface area contributed by atoms with Crippen molar-refractivity contribution >= 4 is 62.4 Å². The van der Waals surface area contributed by atoms with Gasteiger partial charge in [0, 0.05) is 45.2 Å². The molecule has 3 aromatic rings. The van der Waals surface area contributed by atoms with Crippen LogP contribution in [-0.2, 0) is 20.7 Å². The SMILES string of the molecule is C=Cc1c(C)c2cc3nc(c4c5nc(cc6[nH]c(cc1[nH]2)c(C)c6CC)C(C)=C5C(O)C4C(=O)OC)C(CCC(=O)O)=C3C. The average Bonchev–Trinajstić information content (AvgIpc) is 3.72. The molecule has 0 radical (unpaired) electrons. The first-order valence-corrected chi connectivity index (χ1v) is 14.8. The number of rotatable bonds is 6. The van der Waals surface area contributed by atoms with Gasteiger partial charge in [-0.15, -0.1) is 0 Å². The number of aliphatic hydroxyl groups excluding tert-OH is 1. The highest BCUT2D eigenvalue weighted by Crippen LogP contribution is 2.50. The van der Waals surface area contributed by atoms with Crippen molar-refractivity contribution < 1.29 is 24.5 Å². The maximum absolute atomic E-state index is 13.2. The summed E-state index contributed by atoms with van der Waals surface area (Å²) in [6.45, 7) is 14.1. The minimum absolute atomic E-state index is 0.119. The number of carboxylic acids is 1. The molecule has 0 aromatic carbocycles. The van der Waals surface area contributed by atoms with Crippen LogP contribution in [0.25, 0.3) is 50.4 Å². The van der Waals surface area contributed by atoms with E-state index < -0.39 is 24.0 Å². The van der Waals surface area contributed by atoms with Gasteiger partial charge in [0.25, 0.3) is 0 Å². The van der Waals surface area contributed by atoms with E-state index in [0.29, 0.717) is 39.5 Å². The summed E-state index contributed by atoms with van der Waals surface area (Å²) in [7, 11) is 1.29. The van der Waals surface area contributed by atoms with E-state index in [9.17, 15) is 19.8 Å². The smallest absolute Gasteiger partial charge is 0.316 e. The molecule has 1 aliphatic carbocycles. The van der Waals surface area contributed by atoms with Crippen LogP contribution in [0.15, 0.2) is 24.8 Å². The number of hydrogen-bond donors (Lipinski definition) is 4. The number of carboxylic acid groups (broad SMARTS) is 1. The summed E-state index contributed by atoms with van der Waals surface area (Å²) in [6, 6.07) is 6.03. The Morgan fingerprint density at radius 3 is 2.25 bits per heavy atom. The zero-order valence-corrected chi connectivity index (χ0v) is 25.8. The van der Waals surface area contributed by atoms with Crippen LogP contribution < -0.4 is 0 Å². The van der Waals surface area contributed by atoms with Crippen molar-refractivity contribution in [2.45, 2.75) is 65.9 Å². The minimum atomic E-state index is -1.19. The molecule has 0 spiro atoms. The molecule has 0 saturated heterocycles. The lowest BCUT2D eigenvalue weighted by Gasteiger charge is -2.16. The standard InChI is InChI=1S/C35H36N4O5/c1-8-19-15(3)22-12-24-17(5)21(10-11-28(40)41)32(38-24)30-31(35(43)44-7)34(42)29-18(6)25(39-33(29)30)14-27-20(9-2)16(4)23(37-27)13-26(19)36-22/h8,12-14,31,34,36-37,42H,1,9-11H2,2-7H3,(H,40,41). The van der Waals surface area contributed by atoms with Crippen LogP contribution in [-0.4, -0.2) is 55.3 Å². The van der Waals surface area contributed by atoms with Crippen molar-refractivity contribution in [1.29, 1.82) is 0 Å². The molecule has 6 rings (SSSR count). The first-order valence-electron chi connectivity index (χ1n) is 14.8. The molecule has 5 heterocycles. The van der Waals surface area contributed by atoms with Gasteiger partial charge in [0.15, 0.2) is 0 Å². The van der Waals surface area contributed by atoms with E-state index in [4.69, 9.17) is 14.7 Å². The Kier molecular flexibility index (Phi) is 7.16. The fourth-order valence-corrected chi connectivity index (χ4v) is 6.89. The highest BCUT2D eigenvalue weighted by Gasteiger charge is 2.47. The van der Waals surface area contributed by atoms with E-state index in [1.807, 2.05) is 39.0 Å². The first kappa shape index (κ1) is 29.3. The molecule has 0 saturated carbocycles. The van der Waals surface area contributed by atoms with Crippen LogP contribution in [0.4, 0.5) is 0 Å². The van der Waals surface area contributed by atoms with Crippen LogP contribution in [0.2, 0.25) is 0 Å². The summed E-state index contributed by atoms with van der Waals surface area (Å²) >= 11 is 0. The Morgan fingerprint density at radius 2 is 1.59 bits per heavy atom. The monoisotopic (exact) mass is 592 g/mol. The minimum Gasteiger partial charge on any atom is -0.481 e. The topological polar surface area (TPSA) is 141 Å². The maximum atomic E-state index is 13.2. The van der Waals surface area contributed by atoms with Crippen LogP contribution in [0.3, 0.4) is 0 Å². The summed E-state index contributed by atoms with van der Waals surface area (Å²) < 4.78 is 5.17. The zero-order chi connectivity index (χ0) is 31.6. The number of aliphatic carboxylic acids is 1. The van der Waals surface area contributed by atoms with Crippen molar-refractivity contribution in [1.82, 2.24) is 19.9 Å². The second-order valence-electron chi connectivity index (χ2n) is 11.6.